The maximum atomic E-state index is 14.3. The molecule has 1 amide bonds. The number of methoxy groups -OCH3 is 1. The number of rotatable bonds is 6. The molecular weight excluding hydrogens is 469 g/mol. The van der Waals surface area contributed by atoms with Gasteiger partial charge in [0.2, 0.25) is 11.8 Å². The minimum atomic E-state index is -0.487. The van der Waals surface area contributed by atoms with Crippen LogP contribution in [0.15, 0.2) is 41.4 Å². The summed E-state index contributed by atoms with van der Waals surface area (Å²) in [4.78, 5) is 35.0. The van der Waals surface area contributed by atoms with Gasteiger partial charge in [0.15, 0.2) is 5.84 Å². The first-order valence-electron chi connectivity index (χ1n) is 11.2. The fourth-order valence-corrected chi connectivity index (χ4v) is 4.26. The van der Waals surface area contributed by atoms with E-state index >= 15 is 0 Å². The number of nitrogen functional groups attached to an aromatic ring is 1. The van der Waals surface area contributed by atoms with E-state index in [1.807, 2.05) is 6.92 Å². The van der Waals surface area contributed by atoms with Crippen molar-refractivity contribution >= 4 is 17.9 Å². The Hall–Kier alpha value is -4.32. The Morgan fingerprint density at radius 3 is 2.89 bits per heavy atom. The summed E-state index contributed by atoms with van der Waals surface area (Å²) in [6, 6.07) is 9.05. The molecule has 2 aromatic heterocycles. The first-order valence-corrected chi connectivity index (χ1v) is 11.2. The fourth-order valence-electron chi connectivity index (χ4n) is 4.26. The van der Waals surface area contributed by atoms with Crippen molar-refractivity contribution in [1.29, 1.82) is 0 Å². The highest BCUT2D eigenvalue weighted by atomic mass is 19.1. The molecule has 36 heavy (non-hydrogen) atoms. The third kappa shape index (κ3) is 4.75. The molecule has 0 saturated carbocycles. The number of aryl methyl sites for hydroxylation is 1. The lowest BCUT2D eigenvalue weighted by molar-refractivity contribution is 0.0668. The minimum absolute atomic E-state index is 0.145. The Morgan fingerprint density at radius 2 is 2.11 bits per heavy atom. The van der Waals surface area contributed by atoms with Crippen molar-refractivity contribution < 1.29 is 23.5 Å². The number of hydrogen-bond acceptors (Lipinski definition) is 10. The monoisotopic (exact) mass is 493 g/mol. The van der Waals surface area contributed by atoms with Crippen molar-refractivity contribution in [3.05, 3.63) is 64.7 Å². The first kappa shape index (κ1) is 23.4. The van der Waals surface area contributed by atoms with Crippen LogP contribution in [-0.4, -0.2) is 53.2 Å². The number of aliphatic imine (C=N–C) groups is 1. The van der Waals surface area contributed by atoms with Crippen molar-refractivity contribution in [2.24, 2.45) is 4.99 Å². The summed E-state index contributed by atoms with van der Waals surface area (Å²) in [5, 5.41) is 2.64. The Labute approximate surface area is 205 Å². The van der Waals surface area contributed by atoms with Crippen LogP contribution in [0.4, 0.5) is 15.1 Å². The van der Waals surface area contributed by atoms with Crippen molar-refractivity contribution in [2.75, 3.05) is 26.1 Å². The molecule has 12 heteroatoms. The number of nitrogens with zero attached hydrogens (tertiary/aromatic N) is 4. The first-order chi connectivity index (χ1) is 17.4. The van der Waals surface area contributed by atoms with E-state index < -0.39 is 18.0 Å². The molecule has 4 heterocycles. The summed E-state index contributed by atoms with van der Waals surface area (Å²) in [5.74, 6) is 0.559. The molecule has 2 aliphatic rings. The molecule has 2 aliphatic heterocycles. The summed E-state index contributed by atoms with van der Waals surface area (Å²) in [5.41, 5.74) is 12.7. The van der Waals surface area contributed by atoms with E-state index in [2.05, 4.69) is 25.7 Å². The van der Waals surface area contributed by atoms with Gasteiger partial charge in [0.1, 0.15) is 12.4 Å². The number of amides is 1. The van der Waals surface area contributed by atoms with Gasteiger partial charge in [0.25, 0.3) is 0 Å². The number of hydrogen-bond donors (Lipinski definition) is 3. The summed E-state index contributed by atoms with van der Waals surface area (Å²) >= 11 is 0. The largest absolute Gasteiger partial charge is 0.481 e. The maximum Gasteiger partial charge on any atom is 0.407 e. The maximum absolute atomic E-state index is 14.3. The number of anilines is 1. The number of amidine groups is 1. The number of halogens is 1. The lowest BCUT2D eigenvalue weighted by Crippen LogP contribution is -2.37. The molecule has 3 aromatic rings. The van der Waals surface area contributed by atoms with Crippen LogP contribution in [-0.2, 0) is 16.0 Å². The zero-order valence-corrected chi connectivity index (χ0v) is 19.6. The molecular formula is C24H24FN7O4. The normalized spacial score (nSPS) is 18.6. The highest BCUT2D eigenvalue weighted by molar-refractivity contribution is 6.01. The highest BCUT2D eigenvalue weighted by Gasteiger charge is 2.29. The van der Waals surface area contributed by atoms with E-state index in [0.717, 1.165) is 5.56 Å². The predicted molar refractivity (Wildman–Crippen MR) is 128 cm³/mol. The molecule has 11 nitrogen and oxygen atoms in total. The van der Waals surface area contributed by atoms with Crippen LogP contribution in [0.3, 0.4) is 0 Å². The van der Waals surface area contributed by atoms with Crippen LogP contribution < -0.4 is 21.3 Å². The van der Waals surface area contributed by atoms with Gasteiger partial charge in [-0.2, -0.15) is 0 Å². The lowest BCUT2D eigenvalue weighted by atomic mass is 9.91. The van der Waals surface area contributed by atoms with E-state index in [-0.39, 0.29) is 25.2 Å². The lowest BCUT2D eigenvalue weighted by Gasteiger charge is -2.26. The van der Waals surface area contributed by atoms with Crippen LogP contribution in [0.5, 0.6) is 5.88 Å². The average Bonchev–Trinajstić information content (AvgIpc) is 3.28. The third-order valence-corrected chi connectivity index (χ3v) is 5.86. The molecule has 4 N–H and O–H groups in total. The zero-order chi connectivity index (χ0) is 25.2. The van der Waals surface area contributed by atoms with Crippen LogP contribution in [0.1, 0.15) is 28.6 Å². The molecule has 2 unspecified atom stereocenters. The van der Waals surface area contributed by atoms with E-state index in [9.17, 15) is 9.18 Å². The SMILES string of the molecule is COc1cccc(-c2cc(F)ccc2C2Cc3nc(N)nc(C)c3C(NOCC3COC(=O)N3)=N2)n1. The summed E-state index contributed by atoms with van der Waals surface area (Å²) in [7, 11) is 1.52. The number of hydroxylamine groups is 1. The van der Waals surface area contributed by atoms with Crippen molar-refractivity contribution in [3.8, 4) is 17.1 Å². The van der Waals surface area contributed by atoms with Gasteiger partial charge in [-0.15, -0.1) is 0 Å². The molecule has 1 saturated heterocycles. The number of benzene rings is 1. The second-order valence-corrected chi connectivity index (χ2v) is 8.34. The van der Waals surface area contributed by atoms with Gasteiger partial charge in [-0.05, 0) is 30.7 Å². The number of nitrogens with two attached hydrogens (primary N) is 1. The number of pyridine rings is 1. The second kappa shape index (κ2) is 9.74. The number of aromatic nitrogens is 3. The summed E-state index contributed by atoms with van der Waals surface area (Å²) in [6.45, 7) is 2.16. The molecule has 0 bridgehead atoms. The number of alkyl carbamates (subject to hydrolysis) is 1. The quantitative estimate of drug-likeness (QED) is 0.440. The fraction of sp³-hybridized carbons (Fsp3) is 0.292. The molecule has 5 rings (SSSR count). The zero-order valence-electron chi connectivity index (χ0n) is 19.6. The van der Waals surface area contributed by atoms with Gasteiger partial charge >= 0.3 is 6.09 Å². The third-order valence-electron chi connectivity index (χ3n) is 5.86. The standard InChI is InChI=1S/C24H24FN7O4/c1-12-21-19(31-23(26)27-12)9-18(30-22(21)32-36-11-14-10-35-24(33)28-14)15-7-6-13(25)8-16(15)17-4-3-5-20(29-17)34-2/h3-8,14,18H,9-11H2,1-2H3,(H,28,33)(H,30,32)(H2,26,27,31). The predicted octanol–water partition coefficient (Wildman–Crippen LogP) is 2.25. The van der Waals surface area contributed by atoms with Crippen molar-refractivity contribution in [2.45, 2.75) is 25.4 Å². The van der Waals surface area contributed by atoms with Crippen LogP contribution in [0.25, 0.3) is 11.3 Å². The Kier molecular flexibility index (Phi) is 6.34. The number of carbonyl (C=O) groups is 1. The summed E-state index contributed by atoms with van der Waals surface area (Å²) < 4.78 is 24.5. The van der Waals surface area contributed by atoms with Crippen molar-refractivity contribution in [1.82, 2.24) is 25.7 Å². The van der Waals surface area contributed by atoms with Crippen LogP contribution in [0, 0.1) is 12.7 Å². The summed E-state index contributed by atoms with van der Waals surface area (Å²) in [6.07, 6.45) is -0.0813. The molecule has 0 spiro atoms. The van der Waals surface area contributed by atoms with Gasteiger partial charge in [-0.3, -0.25) is 9.83 Å². The topological polar surface area (TPSA) is 146 Å². The molecule has 1 fully saturated rings. The Bertz CT molecular complexity index is 1350. The van der Waals surface area contributed by atoms with E-state index in [4.69, 9.17) is 25.0 Å². The smallest absolute Gasteiger partial charge is 0.407 e. The van der Waals surface area contributed by atoms with Crippen LogP contribution >= 0.6 is 0 Å². The van der Waals surface area contributed by atoms with Crippen LogP contribution in [0.2, 0.25) is 0 Å². The molecule has 1 aromatic carbocycles. The number of nitrogens with one attached hydrogen (secondary N) is 2. The van der Waals surface area contributed by atoms with E-state index in [1.165, 1.54) is 19.2 Å². The van der Waals surface area contributed by atoms with Gasteiger partial charge in [0.05, 0.1) is 48.4 Å². The minimum Gasteiger partial charge on any atom is -0.481 e. The Balaban J connectivity index is 1.51. The van der Waals surface area contributed by atoms with Gasteiger partial charge < -0.3 is 20.5 Å². The number of cyclic esters (lactones) is 1. The van der Waals surface area contributed by atoms with Gasteiger partial charge in [-0.25, -0.2) is 29.6 Å². The van der Waals surface area contributed by atoms with Crippen molar-refractivity contribution in [3.63, 3.8) is 0 Å². The molecule has 0 aliphatic carbocycles. The van der Waals surface area contributed by atoms with Gasteiger partial charge in [-0.1, -0.05) is 12.1 Å². The number of fused-ring (bicyclic) bond motifs is 1. The number of ether oxygens (including phenoxy) is 2. The Morgan fingerprint density at radius 1 is 1.25 bits per heavy atom. The molecule has 186 valence electrons. The highest BCUT2D eigenvalue weighted by Crippen LogP contribution is 2.36. The number of carbonyl (C=O) groups excluding carboxylic acids is 1. The average molecular weight is 493 g/mol. The van der Waals surface area contributed by atoms with E-state index in [0.29, 0.717) is 46.3 Å². The van der Waals surface area contributed by atoms with E-state index in [1.54, 1.807) is 24.3 Å². The second-order valence-electron chi connectivity index (χ2n) is 8.34. The molecule has 2 atom stereocenters. The molecule has 0 radical (unpaired) electrons. The van der Waals surface area contributed by atoms with Gasteiger partial charge in [0, 0.05) is 18.1 Å².